The molecular weight excluding hydrogens is 236 g/mol. The van der Waals surface area contributed by atoms with Crippen LogP contribution in [0.1, 0.15) is 17.3 Å². The highest BCUT2D eigenvalue weighted by atomic mass is 16.2. The Hall–Kier alpha value is -2.34. The topological polar surface area (TPSA) is 44.1 Å². The summed E-state index contributed by atoms with van der Waals surface area (Å²) < 4.78 is 0. The summed E-state index contributed by atoms with van der Waals surface area (Å²) in [7, 11) is 1.73. The van der Waals surface area contributed by atoms with E-state index in [1.165, 1.54) is 0 Å². The molecule has 2 aromatic carbocycles. The number of amides is 1. The smallest absolute Gasteiger partial charge is 0.254 e. The van der Waals surface area contributed by atoms with Crippen molar-refractivity contribution in [3.63, 3.8) is 0 Å². The van der Waals surface area contributed by atoms with Crippen LogP contribution in [0.3, 0.4) is 0 Å². The van der Waals surface area contributed by atoms with Gasteiger partial charge in [-0.25, -0.2) is 0 Å². The van der Waals surface area contributed by atoms with Gasteiger partial charge in [-0.2, -0.15) is 5.26 Å². The zero-order valence-electron chi connectivity index (χ0n) is 11.1. The number of nitriles is 1. The summed E-state index contributed by atoms with van der Waals surface area (Å²) in [5.74, 6) is -0.206. The fraction of sp³-hybridized carbons (Fsp3) is 0.250. The Morgan fingerprint density at radius 1 is 1.26 bits per heavy atom. The van der Waals surface area contributed by atoms with Crippen LogP contribution in [0.2, 0.25) is 0 Å². The van der Waals surface area contributed by atoms with Gasteiger partial charge in [0.2, 0.25) is 0 Å². The predicted molar refractivity (Wildman–Crippen MR) is 75.7 cm³/mol. The van der Waals surface area contributed by atoms with E-state index in [0.29, 0.717) is 12.1 Å². The third-order valence-electron chi connectivity index (χ3n) is 3.13. The van der Waals surface area contributed by atoms with Crippen LogP contribution in [0.25, 0.3) is 10.8 Å². The second-order valence-corrected chi connectivity index (χ2v) is 4.74. The third kappa shape index (κ3) is 2.74. The lowest BCUT2D eigenvalue weighted by atomic mass is 10.0. The van der Waals surface area contributed by atoms with E-state index in [0.717, 1.165) is 10.8 Å². The van der Waals surface area contributed by atoms with Crippen LogP contribution in [0.4, 0.5) is 0 Å². The minimum Gasteiger partial charge on any atom is -0.340 e. The summed E-state index contributed by atoms with van der Waals surface area (Å²) in [5.41, 5.74) is 0.686. The summed E-state index contributed by atoms with van der Waals surface area (Å²) in [5, 5.41) is 10.8. The third-order valence-corrected chi connectivity index (χ3v) is 3.13. The van der Waals surface area contributed by atoms with E-state index >= 15 is 0 Å². The van der Waals surface area contributed by atoms with Crippen molar-refractivity contribution in [3.05, 3.63) is 48.0 Å². The van der Waals surface area contributed by atoms with Crippen LogP contribution in [0.5, 0.6) is 0 Å². The first kappa shape index (κ1) is 13.1. The number of fused-ring (bicyclic) bond motifs is 1. The highest BCUT2D eigenvalue weighted by molar-refractivity contribution is 6.06. The van der Waals surface area contributed by atoms with E-state index in [2.05, 4.69) is 6.07 Å². The van der Waals surface area contributed by atoms with Crippen LogP contribution in [-0.4, -0.2) is 24.4 Å². The van der Waals surface area contributed by atoms with E-state index in [-0.39, 0.29) is 11.8 Å². The van der Waals surface area contributed by atoms with Gasteiger partial charge in [0.15, 0.2) is 0 Å². The maximum Gasteiger partial charge on any atom is 0.254 e. The van der Waals surface area contributed by atoms with E-state index in [4.69, 9.17) is 5.26 Å². The largest absolute Gasteiger partial charge is 0.340 e. The molecule has 3 nitrogen and oxygen atoms in total. The average molecular weight is 252 g/mol. The molecule has 0 aliphatic rings. The molecule has 0 aliphatic carbocycles. The second-order valence-electron chi connectivity index (χ2n) is 4.74. The predicted octanol–water partition coefficient (Wildman–Crippen LogP) is 3.07. The molecule has 0 saturated heterocycles. The Morgan fingerprint density at radius 2 is 1.95 bits per heavy atom. The average Bonchev–Trinajstić information content (AvgIpc) is 2.45. The molecule has 3 heteroatoms. The molecule has 0 spiro atoms. The highest BCUT2D eigenvalue weighted by Crippen LogP contribution is 2.19. The zero-order valence-corrected chi connectivity index (χ0v) is 11.1. The normalized spacial score (nSPS) is 11.8. The molecule has 2 aromatic rings. The van der Waals surface area contributed by atoms with Crippen molar-refractivity contribution in [1.29, 1.82) is 5.26 Å². The van der Waals surface area contributed by atoms with E-state index in [9.17, 15) is 4.79 Å². The monoisotopic (exact) mass is 252 g/mol. The number of hydrogen-bond acceptors (Lipinski definition) is 2. The first-order valence-corrected chi connectivity index (χ1v) is 6.26. The minimum atomic E-state index is -0.163. The summed E-state index contributed by atoms with van der Waals surface area (Å²) in [6.45, 7) is 2.26. The number of benzene rings is 2. The van der Waals surface area contributed by atoms with Crippen LogP contribution in [0.15, 0.2) is 42.5 Å². The molecular formula is C16H16N2O. The number of nitrogens with zero attached hydrogens (tertiary/aromatic N) is 2. The van der Waals surface area contributed by atoms with Gasteiger partial charge < -0.3 is 4.90 Å². The molecule has 0 heterocycles. The Kier molecular flexibility index (Phi) is 3.82. The Labute approximate surface area is 113 Å². The number of carbonyl (C=O) groups is 1. The van der Waals surface area contributed by atoms with Crippen LogP contribution >= 0.6 is 0 Å². The maximum absolute atomic E-state index is 12.4. The molecule has 0 N–H and O–H groups in total. The van der Waals surface area contributed by atoms with Gasteiger partial charge in [0.05, 0.1) is 12.0 Å². The molecule has 0 bridgehead atoms. The van der Waals surface area contributed by atoms with Crippen molar-refractivity contribution in [3.8, 4) is 6.07 Å². The van der Waals surface area contributed by atoms with Gasteiger partial charge in [0.1, 0.15) is 0 Å². The molecule has 0 radical (unpaired) electrons. The minimum absolute atomic E-state index is 0.0427. The van der Waals surface area contributed by atoms with E-state index in [1.54, 1.807) is 11.9 Å². The summed E-state index contributed by atoms with van der Waals surface area (Å²) in [6.07, 6.45) is 0. The molecule has 0 aromatic heterocycles. The highest BCUT2D eigenvalue weighted by Gasteiger charge is 2.16. The lowest BCUT2D eigenvalue weighted by molar-refractivity contribution is 0.0787. The molecule has 1 unspecified atom stereocenters. The van der Waals surface area contributed by atoms with Crippen molar-refractivity contribution >= 4 is 16.7 Å². The van der Waals surface area contributed by atoms with Crippen molar-refractivity contribution in [1.82, 2.24) is 4.90 Å². The first-order valence-electron chi connectivity index (χ1n) is 6.26. The number of hydrogen-bond donors (Lipinski definition) is 0. The van der Waals surface area contributed by atoms with Gasteiger partial charge in [-0.1, -0.05) is 36.4 Å². The lowest BCUT2D eigenvalue weighted by Gasteiger charge is -2.19. The zero-order chi connectivity index (χ0) is 13.8. The fourth-order valence-electron chi connectivity index (χ4n) is 2.15. The van der Waals surface area contributed by atoms with Gasteiger partial charge >= 0.3 is 0 Å². The van der Waals surface area contributed by atoms with Crippen molar-refractivity contribution < 1.29 is 4.79 Å². The van der Waals surface area contributed by atoms with Crippen LogP contribution in [0, 0.1) is 17.2 Å². The molecule has 1 atom stereocenters. The standard InChI is InChI=1S/C16H16N2O/c1-12(10-17)11-18(2)16(19)15-9-5-7-13-6-3-4-8-14(13)15/h3-9,12H,11H2,1-2H3. The van der Waals surface area contributed by atoms with Crippen molar-refractivity contribution in [2.45, 2.75) is 6.92 Å². The van der Waals surface area contributed by atoms with E-state index < -0.39 is 0 Å². The van der Waals surface area contributed by atoms with Gasteiger partial charge in [0, 0.05) is 19.2 Å². The lowest BCUT2D eigenvalue weighted by Crippen LogP contribution is -2.30. The van der Waals surface area contributed by atoms with Gasteiger partial charge in [-0.3, -0.25) is 4.79 Å². The SMILES string of the molecule is CC(C#N)CN(C)C(=O)c1cccc2ccccc12. The molecule has 0 saturated carbocycles. The van der Waals surface area contributed by atoms with Gasteiger partial charge in [0.25, 0.3) is 5.91 Å². The Morgan fingerprint density at radius 3 is 2.68 bits per heavy atom. The van der Waals surface area contributed by atoms with Crippen LogP contribution < -0.4 is 0 Å². The Bertz CT molecular complexity index is 637. The van der Waals surface area contributed by atoms with Gasteiger partial charge in [-0.15, -0.1) is 0 Å². The number of carbonyl (C=O) groups excluding carboxylic acids is 1. The van der Waals surface area contributed by atoms with Gasteiger partial charge in [-0.05, 0) is 23.8 Å². The molecule has 19 heavy (non-hydrogen) atoms. The Balaban J connectivity index is 2.34. The summed E-state index contributed by atoms with van der Waals surface area (Å²) in [4.78, 5) is 14.0. The second kappa shape index (κ2) is 5.53. The summed E-state index contributed by atoms with van der Waals surface area (Å²) >= 11 is 0. The maximum atomic E-state index is 12.4. The molecule has 0 aliphatic heterocycles. The summed E-state index contributed by atoms with van der Waals surface area (Å²) in [6, 6.07) is 15.7. The number of rotatable bonds is 3. The fourth-order valence-corrected chi connectivity index (χ4v) is 2.15. The quantitative estimate of drug-likeness (QED) is 0.842. The molecule has 0 fully saturated rings. The first-order chi connectivity index (χ1) is 9.13. The molecule has 1 amide bonds. The van der Waals surface area contributed by atoms with Crippen LogP contribution in [-0.2, 0) is 0 Å². The van der Waals surface area contributed by atoms with E-state index in [1.807, 2.05) is 49.4 Å². The molecule has 2 rings (SSSR count). The van der Waals surface area contributed by atoms with Crippen molar-refractivity contribution in [2.24, 2.45) is 5.92 Å². The molecule has 96 valence electrons. The van der Waals surface area contributed by atoms with Crippen molar-refractivity contribution in [2.75, 3.05) is 13.6 Å².